The first-order chi connectivity index (χ1) is 18.2. The van der Waals surface area contributed by atoms with Crippen molar-refractivity contribution >= 4 is 27.6 Å². The van der Waals surface area contributed by atoms with Crippen LogP contribution >= 0.6 is 0 Å². The van der Waals surface area contributed by atoms with Gasteiger partial charge in [0.25, 0.3) is 0 Å². The zero-order valence-corrected chi connectivity index (χ0v) is 21.6. The molecule has 6 nitrogen and oxygen atoms in total. The molecule has 37 heavy (non-hydrogen) atoms. The van der Waals surface area contributed by atoms with Gasteiger partial charge in [0.15, 0.2) is 0 Å². The number of methoxy groups -OCH3 is 1. The van der Waals surface area contributed by atoms with E-state index in [9.17, 15) is 4.79 Å². The van der Waals surface area contributed by atoms with Crippen LogP contribution in [0.25, 0.3) is 21.7 Å². The number of ether oxygens (including phenoxy) is 1. The van der Waals surface area contributed by atoms with Crippen molar-refractivity contribution in [3.63, 3.8) is 0 Å². The Hall–Kier alpha value is -3.22. The molecule has 0 radical (unpaired) electrons. The number of piperidine rings is 1. The van der Waals surface area contributed by atoms with E-state index in [0.717, 1.165) is 50.8 Å². The molecule has 3 heterocycles. The second-order valence-electron chi connectivity index (χ2n) is 10.6. The topological polar surface area (TPSA) is 59.4 Å². The summed E-state index contributed by atoms with van der Waals surface area (Å²) >= 11 is 0. The number of carbonyl (C=O) groups is 1. The number of hydrogen-bond acceptors (Lipinski definition) is 4. The number of amides is 1. The summed E-state index contributed by atoms with van der Waals surface area (Å²) in [6, 6.07) is 17.3. The van der Waals surface area contributed by atoms with Gasteiger partial charge in [-0.05, 0) is 54.8 Å². The van der Waals surface area contributed by atoms with Crippen LogP contribution < -0.4 is 5.32 Å². The zero-order chi connectivity index (χ0) is 25.2. The molecule has 4 aromatic rings. The van der Waals surface area contributed by atoms with Crippen LogP contribution in [0.3, 0.4) is 0 Å². The van der Waals surface area contributed by atoms with Crippen molar-refractivity contribution in [1.82, 2.24) is 19.8 Å². The summed E-state index contributed by atoms with van der Waals surface area (Å²) in [6.45, 7) is 3.96. The number of benzene rings is 2. The second kappa shape index (κ2) is 10.6. The molecule has 2 atom stereocenters. The van der Waals surface area contributed by atoms with Crippen molar-refractivity contribution in [2.45, 2.75) is 50.7 Å². The maximum absolute atomic E-state index is 14.3. The average molecular weight is 497 g/mol. The van der Waals surface area contributed by atoms with Gasteiger partial charge >= 0.3 is 0 Å². The summed E-state index contributed by atoms with van der Waals surface area (Å²) in [5, 5.41) is 7.13. The molecule has 2 aliphatic rings. The van der Waals surface area contributed by atoms with Gasteiger partial charge in [0.1, 0.15) is 0 Å². The molecule has 1 aliphatic carbocycles. The highest BCUT2D eigenvalue weighted by Gasteiger charge is 2.40. The van der Waals surface area contributed by atoms with Crippen molar-refractivity contribution in [1.29, 1.82) is 0 Å². The molecular formula is C31H36N4O2. The summed E-state index contributed by atoms with van der Waals surface area (Å²) in [7, 11) is 1.75. The number of rotatable bonds is 9. The van der Waals surface area contributed by atoms with Crippen molar-refractivity contribution < 1.29 is 9.53 Å². The molecule has 1 saturated heterocycles. The highest BCUT2D eigenvalue weighted by molar-refractivity contribution is 5.88. The standard InChI is InChI=1S/C31H36N4O2/c1-37-16-6-15-34-20-23(26-9-4-5-10-30(26)34)21-35(24-11-12-24)31(36)29-19-32-14-13-27(29)28-18-33-17-22-7-2-3-8-25(22)28/h2-5,7-10,17-18,20,24,27,29,32H,6,11-16,19,21H2,1H3/t27-,29+/m1/s1. The predicted octanol–water partition coefficient (Wildman–Crippen LogP) is 5.11. The van der Waals surface area contributed by atoms with E-state index in [0.29, 0.717) is 19.1 Å². The lowest BCUT2D eigenvalue weighted by Gasteiger charge is -2.36. The number of para-hydroxylation sites is 1. The Morgan fingerprint density at radius 2 is 1.89 bits per heavy atom. The van der Waals surface area contributed by atoms with E-state index in [2.05, 4.69) is 74.5 Å². The molecule has 1 saturated carbocycles. The van der Waals surface area contributed by atoms with Gasteiger partial charge in [-0.15, -0.1) is 0 Å². The first-order valence-corrected chi connectivity index (χ1v) is 13.6. The monoisotopic (exact) mass is 496 g/mol. The summed E-state index contributed by atoms with van der Waals surface area (Å²) in [5.74, 6) is 0.366. The zero-order valence-electron chi connectivity index (χ0n) is 21.6. The van der Waals surface area contributed by atoms with Crippen LogP contribution in [0.4, 0.5) is 0 Å². The molecule has 1 amide bonds. The van der Waals surface area contributed by atoms with Gasteiger partial charge < -0.3 is 19.5 Å². The quantitative estimate of drug-likeness (QED) is 0.327. The van der Waals surface area contributed by atoms with E-state index >= 15 is 0 Å². The van der Waals surface area contributed by atoms with Gasteiger partial charge in [-0.1, -0.05) is 42.5 Å². The minimum absolute atomic E-state index is 0.0861. The Morgan fingerprint density at radius 3 is 2.73 bits per heavy atom. The van der Waals surface area contributed by atoms with Gasteiger partial charge in [-0.3, -0.25) is 9.78 Å². The summed E-state index contributed by atoms with van der Waals surface area (Å²) in [4.78, 5) is 21.0. The van der Waals surface area contributed by atoms with E-state index in [4.69, 9.17) is 4.74 Å². The van der Waals surface area contributed by atoms with Crippen LogP contribution in [0.1, 0.15) is 42.7 Å². The van der Waals surface area contributed by atoms with Crippen LogP contribution in [0.15, 0.2) is 67.1 Å². The molecule has 6 rings (SSSR count). The van der Waals surface area contributed by atoms with E-state index < -0.39 is 0 Å². The van der Waals surface area contributed by atoms with Crippen LogP contribution in [0, 0.1) is 5.92 Å². The first kappa shape index (κ1) is 24.1. The first-order valence-electron chi connectivity index (χ1n) is 13.6. The van der Waals surface area contributed by atoms with Crippen molar-refractivity contribution in [2.24, 2.45) is 5.92 Å². The lowest BCUT2D eigenvalue weighted by molar-refractivity contribution is -0.138. The third-order valence-corrected chi connectivity index (χ3v) is 8.13. The number of pyridine rings is 1. The molecule has 2 aromatic heterocycles. The summed E-state index contributed by atoms with van der Waals surface area (Å²) < 4.78 is 7.61. The molecule has 0 unspecified atom stereocenters. The van der Waals surface area contributed by atoms with Crippen molar-refractivity contribution in [2.75, 3.05) is 26.8 Å². The minimum Gasteiger partial charge on any atom is -0.385 e. The highest BCUT2D eigenvalue weighted by Crippen LogP contribution is 2.38. The second-order valence-corrected chi connectivity index (χ2v) is 10.6. The Morgan fingerprint density at radius 1 is 1.08 bits per heavy atom. The Bertz CT molecular complexity index is 1390. The summed E-state index contributed by atoms with van der Waals surface area (Å²) in [5.41, 5.74) is 3.68. The number of nitrogens with zero attached hydrogens (tertiary/aromatic N) is 3. The van der Waals surface area contributed by atoms with Gasteiger partial charge in [0, 0.05) is 80.2 Å². The molecule has 1 N–H and O–H groups in total. The van der Waals surface area contributed by atoms with E-state index in [-0.39, 0.29) is 17.7 Å². The lowest BCUT2D eigenvalue weighted by Crippen LogP contribution is -2.47. The van der Waals surface area contributed by atoms with E-state index in [1.807, 2.05) is 12.4 Å². The largest absolute Gasteiger partial charge is 0.385 e. The fourth-order valence-electron chi connectivity index (χ4n) is 6.11. The minimum atomic E-state index is -0.0861. The molecule has 0 bridgehead atoms. The van der Waals surface area contributed by atoms with Gasteiger partial charge in [-0.25, -0.2) is 0 Å². The normalized spacial score (nSPS) is 19.9. The predicted molar refractivity (Wildman–Crippen MR) is 147 cm³/mol. The van der Waals surface area contributed by atoms with Crippen LogP contribution in [0.5, 0.6) is 0 Å². The number of aromatic nitrogens is 2. The van der Waals surface area contributed by atoms with Crippen molar-refractivity contribution in [3.8, 4) is 0 Å². The fourth-order valence-corrected chi connectivity index (χ4v) is 6.11. The van der Waals surface area contributed by atoms with E-state index in [1.165, 1.54) is 27.4 Å². The van der Waals surface area contributed by atoms with E-state index in [1.54, 1.807) is 7.11 Å². The SMILES string of the molecule is COCCCn1cc(CN(C(=O)[C@H]2CNCC[C@@H]2c2cncc3ccccc23)C2CC2)c2ccccc21. The molecule has 2 aromatic carbocycles. The number of carbonyl (C=O) groups excluding carboxylic acids is 1. The number of fused-ring (bicyclic) bond motifs is 2. The smallest absolute Gasteiger partial charge is 0.228 e. The molecule has 6 heteroatoms. The van der Waals surface area contributed by atoms with Gasteiger partial charge in [0.2, 0.25) is 5.91 Å². The number of aryl methyl sites for hydroxylation is 1. The Labute approximate surface area is 218 Å². The number of hydrogen-bond donors (Lipinski definition) is 1. The van der Waals surface area contributed by atoms with Gasteiger partial charge in [0.05, 0.1) is 5.92 Å². The molecule has 0 spiro atoms. The molecule has 1 aliphatic heterocycles. The average Bonchev–Trinajstić information content (AvgIpc) is 3.74. The maximum atomic E-state index is 14.3. The third-order valence-electron chi connectivity index (χ3n) is 8.13. The lowest BCUT2D eigenvalue weighted by atomic mass is 9.79. The Kier molecular flexibility index (Phi) is 6.94. The maximum Gasteiger partial charge on any atom is 0.228 e. The molecule has 2 fully saturated rings. The summed E-state index contributed by atoms with van der Waals surface area (Å²) in [6.07, 6.45) is 10.3. The van der Waals surface area contributed by atoms with Gasteiger partial charge in [-0.2, -0.15) is 0 Å². The molecule has 192 valence electrons. The van der Waals surface area contributed by atoms with Crippen LogP contribution in [0.2, 0.25) is 0 Å². The van der Waals surface area contributed by atoms with Crippen molar-refractivity contribution in [3.05, 3.63) is 78.2 Å². The highest BCUT2D eigenvalue weighted by atomic mass is 16.5. The Balaban J connectivity index is 1.30. The fraction of sp³-hybridized carbons (Fsp3) is 0.419. The molecular weight excluding hydrogens is 460 g/mol. The van der Waals surface area contributed by atoms with Crippen LogP contribution in [-0.4, -0.2) is 53.2 Å². The number of nitrogens with one attached hydrogen (secondary N) is 1. The van der Waals surface area contributed by atoms with Crippen LogP contribution in [-0.2, 0) is 22.6 Å². The third kappa shape index (κ3) is 4.88.